The average molecular weight is 712 g/mol. The highest BCUT2D eigenvalue weighted by atomic mass is 32.1. The van der Waals surface area contributed by atoms with Crippen molar-refractivity contribution in [2.24, 2.45) is 0 Å². The second-order valence-corrected chi connectivity index (χ2v) is 16.7. The van der Waals surface area contributed by atoms with E-state index in [9.17, 15) is 0 Å². The molecule has 2 heterocycles. The normalized spacial score (nSPS) is 13.1. The third-order valence-electron chi connectivity index (χ3n) is 11.3. The van der Waals surface area contributed by atoms with Crippen LogP contribution in [0.5, 0.6) is 0 Å². The maximum atomic E-state index is 2.52. The fraction of sp³-hybridized carbons (Fsp3) is 0.115. The second kappa shape index (κ2) is 12.9. The van der Waals surface area contributed by atoms with Gasteiger partial charge in [-0.15, -0.1) is 11.3 Å². The first kappa shape index (κ1) is 32.7. The van der Waals surface area contributed by atoms with Gasteiger partial charge in [-0.05, 0) is 92.3 Å². The van der Waals surface area contributed by atoms with Crippen LogP contribution in [0, 0.1) is 0 Å². The average Bonchev–Trinajstić information content (AvgIpc) is 3.77. The van der Waals surface area contributed by atoms with Crippen molar-refractivity contribution in [3.8, 4) is 39.1 Å². The van der Waals surface area contributed by atoms with Crippen LogP contribution in [0.2, 0.25) is 0 Å². The van der Waals surface area contributed by atoms with Gasteiger partial charge in [-0.2, -0.15) is 0 Å². The lowest BCUT2D eigenvalue weighted by molar-refractivity contribution is 0.590. The number of thiophene rings is 1. The first-order valence-corrected chi connectivity index (χ1v) is 19.9. The monoisotopic (exact) mass is 711 g/mol. The van der Waals surface area contributed by atoms with Crippen LogP contribution in [0.1, 0.15) is 44.7 Å². The van der Waals surface area contributed by atoms with Gasteiger partial charge in [0, 0.05) is 36.6 Å². The molecular weight excluding hydrogens is 671 g/mol. The van der Waals surface area contributed by atoms with E-state index >= 15 is 0 Å². The van der Waals surface area contributed by atoms with Crippen LogP contribution in [-0.4, -0.2) is 4.57 Å². The van der Waals surface area contributed by atoms with Gasteiger partial charge in [0.15, 0.2) is 0 Å². The Balaban J connectivity index is 1.32. The number of hydrogen-bond donors (Lipinski definition) is 0. The number of rotatable bonds is 5. The quantitative estimate of drug-likeness (QED) is 0.167. The molecule has 10 rings (SSSR count). The predicted octanol–water partition coefficient (Wildman–Crippen LogP) is 13.1. The molecule has 0 amide bonds. The molecule has 0 N–H and O–H groups in total. The fourth-order valence-electron chi connectivity index (χ4n) is 8.47. The van der Waals surface area contributed by atoms with Crippen molar-refractivity contribution in [1.29, 1.82) is 0 Å². The zero-order chi connectivity index (χ0) is 36.4. The SMILES string of the molecule is CC(C)(C)c1ccc(C2=c3sc4c(cc(-c5ccc(-c6ccccc6)cc5)c5c4c4ccc(-c6ccccc6)cc4n5-c4ccccc4)c3=CCC2)cc1. The smallest absolute Gasteiger partial charge is 0.0634 e. The number of nitrogens with zero attached hydrogens (tertiary/aromatic N) is 1. The Morgan fingerprint density at radius 3 is 1.78 bits per heavy atom. The molecule has 0 aliphatic heterocycles. The van der Waals surface area contributed by atoms with Crippen LogP contribution < -0.4 is 9.75 Å². The van der Waals surface area contributed by atoms with Gasteiger partial charge in [-0.1, -0.05) is 166 Å². The van der Waals surface area contributed by atoms with Crippen LogP contribution >= 0.6 is 11.3 Å². The fourth-order valence-corrected chi connectivity index (χ4v) is 9.91. The molecule has 54 heavy (non-hydrogen) atoms. The minimum atomic E-state index is 0.126. The Labute approximate surface area is 320 Å². The van der Waals surface area contributed by atoms with E-state index in [4.69, 9.17) is 0 Å². The Morgan fingerprint density at radius 2 is 1.11 bits per heavy atom. The molecule has 260 valence electrons. The standard InChI is InChI=1S/C52H41NS/c1-52(2,3)40-29-26-37(27-30-40)42-20-13-21-43-46-33-45(38-24-22-36(23-25-38)34-14-7-4-8-15-34)49-48(51(46)54-50(42)43)44-31-28-39(35-16-9-5-10-17-35)32-47(44)53(49)41-18-11-6-12-19-41/h4-12,14-19,21-33H,13,20H2,1-3H3. The van der Waals surface area contributed by atoms with Gasteiger partial charge < -0.3 is 4.57 Å². The maximum absolute atomic E-state index is 2.52. The van der Waals surface area contributed by atoms with Crippen LogP contribution in [0.15, 0.2) is 164 Å². The molecule has 1 nitrogen and oxygen atoms in total. The summed E-state index contributed by atoms with van der Waals surface area (Å²) in [5.74, 6) is 0. The summed E-state index contributed by atoms with van der Waals surface area (Å²) >= 11 is 1.99. The molecule has 0 atom stereocenters. The van der Waals surface area contributed by atoms with Crippen LogP contribution in [0.25, 0.3) is 82.6 Å². The molecule has 9 aromatic rings. The lowest BCUT2D eigenvalue weighted by Gasteiger charge is -2.19. The zero-order valence-electron chi connectivity index (χ0n) is 30.9. The Morgan fingerprint density at radius 1 is 0.537 bits per heavy atom. The molecular formula is C52H41NS. The van der Waals surface area contributed by atoms with E-state index in [1.54, 1.807) is 0 Å². The number of fused-ring (bicyclic) bond motifs is 7. The van der Waals surface area contributed by atoms with E-state index in [0.717, 1.165) is 12.8 Å². The summed E-state index contributed by atoms with van der Waals surface area (Å²) in [5.41, 5.74) is 15.4. The summed E-state index contributed by atoms with van der Waals surface area (Å²) < 4.78 is 5.31. The molecule has 0 radical (unpaired) electrons. The summed E-state index contributed by atoms with van der Waals surface area (Å²) in [5, 5.41) is 5.37. The minimum absolute atomic E-state index is 0.126. The molecule has 2 aromatic heterocycles. The summed E-state index contributed by atoms with van der Waals surface area (Å²) in [6.45, 7) is 6.88. The molecule has 2 heteroatoms. The predicted molar refractivity (Wildman–Crippen MR) is 233 cm³/mol. The van der Waals surface area contributed by atoms with Crippen molar-refractivity contribution in [2.75, 3.05) is 0 Å². The topological polar surface area (TPSA) is 4.93 Å². The summed E-state index contributed by atoms with van der Waals surface area (Å²) in [6, 6.07) is 60.6. The van der Waals surface area contributed by atoms with Crippen molar-refractivity contribution in [3.63, 3.8) is 0 Å². The molecule has 0 spiro atoms. The summed E-state index contributed by atoms with van der Waals surface area (Å²) in [7, 11) is 0. The van der Waals surface area contributed by atoms with Crippen molar-refractivity contribution in [3.05, 3.63) is 185 Å². The number of benzene rings is 7. The van der Waals surface area contributed by atoms with E-state index in [-0.39, 0.29) is 5.41 Å². The van der Waals surface area contributed by atoms with E-state index < -0.39 is 0 Å². The second-order valence-electron chi connectivity index (χ2n) is 15.6. The van der Waals surface area contributed by atoms with Crippen molar-refractivity contribution < 1.29 is 0 Å². The van der Waals surface area contributed by atoms with Gasteiger partial charge in [0.05, 0.1) is 11.0 Å². The highest BCUT2D eigenvalue weighted by Gasteiger charge is 2.23. The minimum Gasteiger partial charge on any atom is -0.309 e. The molecule has 0 fully saturated rings. The summed E-state index contributed by atoms with van der Waals surface area (Å²) in [6.07, 6.45) is 4.59. The molecule has 0 bridgehead atoms. The van der Waals surface area contributed by atoms with Crippen molar-refractivity contribution in [2.45, 2.75) is 39.0 Å². The van der Waals surface area contributed by atoms with E-state index in [1.165, 1.54) is 97.4 Å². The molecule has 0 saturated heterocycles. The maximum Gasteiger partial charge on any atom is 0.0634 e. The summed E-state index contributed by atoms with van der Waals surface area (Å²) in [4.78, 5) is 0. The molecule has 7 aromatic carbocycles. The van der Waals surface area contributed by atoms with E-state index in [0.29, 0.717) is 0 Å². The first-order valence-electron chi connectivity index (χ1n) is 19.1. The third kappa shape index (κ3) is 5.44. The lowest BCUT2D eigenvalue weighted by atomic mass is 9.85. The van der Waals surface area contributed by atoms with E-state index in [1.807, 2.05) is 11.3 Å². The highest BCUT2D eigenvalue weighted by Crippen LogP contribution is 2.44. The largest absolute Gasteiger partial charge is 0.309 e. The number of para-hydroxylation sites is 1. The van der Waals surface area contributed by atoms with Gasteiger partial charge in [-0.3, -0.25) is 0 Å². The Kier molecular flexibility index (Phi) is 7.78. The number of aromatic nitrogens is 1. The number of hydrogen-bond acceptors (Lipinski definition) is 1. The van der Waals surface area contributed by atoms with Gasteiger partial charge >= 0.3 is 0 Å². The molecule has 0 unspecified atom stereocenters. The van der Waals surface area contributed by atoms with Crippen LogP contribution in [0.4, 0.5) is 0 Å². The zero-order valence-corrected chi connectivity index (χ0v) is 31.8. The third-order valence-corrected chi connectivity index (χ3v) is 12.6. The molecule has 1 aliphatic carbocycles. The lowest BCUT2D eigenvalue weighted by Crippen LogP contribution is -2.25. The van der Waals surface area contributed by atoms with Gasteiger partial charge in [-0.25, -0.2) is 0 Å². The van der Waals surface area contributed by atoms with Gasteiger partial charge in [0.1, 0.15) is 0 Å². The first-order chi connectivity index (χ1) is 26.4. The Hall–Kier alpha value is -5.96. The Bertz CT molecular complexity index is 2960. The van der Waals surface area contributed by atoms with Gasteiger partial charge in [0.2, 0.25) is 0 Å². The highest BCUT2D eigenvalue weighted by molar-refractivity contribution is 7.18. The van der Waals surface area contributed by atoms with Crippen LogP contribution in [0.3, 0.4) is 0 Å². The van der Waals surface area contributed by atoms with Crippen LogP contribution in [-0.2, 0) is 5.41 Å². The van der Waals surface area contributed by atoms with E-state index in [2.05, 4.69) is 195 Å². The van der Waals surface area contributed by atoms with Gasteiger partial charge in [0.25, 0.3) is 0 Å². The molecule has 0 saturated carbocycles. The van der Waals surface area contributed by atoms with Crippen molar-refractivity contribution in [1.82, 2.24) is 4.57 Å². The van der Waals surface area contributed by atoms with Crippen molar-refractivity contribution >= 4 is 54.9 Å². The molecule has 1 aliphatic rings.